The molecule has 178 valence electrons. The van der Waals surface area contributed by atoms with Crippen LogP contribution >= 0.6 is 11.6 Å². The summed E-state index contributed by atoms with van der Waals surface area (Å²) in [6.45, 7) is 5.09. The smallest absolute Gasteiger partial charge is 0.199 e. The van der Waals surface area contributed by atoms with Gasteiger partial charge in [0.1, 0.15) is 23.3 Å². The monoisotopic (exact) mass is 488 g/mol. The summed E-state index contributed by atoms with van der Waals surface area (Å²) in [6.07, 6.45) is 1.30. The lowest BCUT2D eigenvalue weighted by Gasteiger charge is -2.38. The standard InChI is InChI=1S/C28H25ClN2O4/c1-2-14-31-16-22(17-31)34-21-12-10-18(11-13-21)27(33)25-26(23-8-3-4-9-24(23)29)30-35-28(25)19-6-5-7-20(32)15-19/h3-13,15,22,32H,2,14,16-17H2,1H3. The Balaban J connectivity index is 1.46. The molecule has 0 bridgehead atoms. The number of ketones is 1. The van der Waals surface area contributed by atoms with E-state index in [9.17, 15) is 9.90 Å². The first kappa shape index (κ1) is 23.1. The molecule has 6 nitrogen and oxygen atoms in total. The molecule has 1 N–H and O–H groups in total. The number of rotatable bonds is 8. The van der Waals surface area contributed by atoms with Gasteiger partial charge in [-0.05, 0) is 55.4 Å². The van der Waals surface area contributed by atoms with Crippen LogP contribution in [0.15, 0.2) is 77.3 Å². The summed E-state index contributed by atoms with van der Waals surface area (Å²) >= 11 is 6.43. The Kier molecular flexibility index (Phi) is 6.57. The van der Waals surface area contributed by atoms with Gasteiger partial charge in [-0.2, -0.15) is 0 Å². The van der Waals surface area contributed by atoms with E-state index in [1.54, 1.807) is 42.5 Å². The summed E-state index contributed by atoms with van der Waals surface area (Å²) in [7, 11) is 0. The van der Waals surface area contributed by atoms with Crippen LogP contribution in [0.2, 0.25) is 5.02 Å². The van der Waals surface area contributed by atoms with Crippen LogP contribution in [0.3, 0.4) is 0 Å². The molecule has 4 aromatic rings. The number of ether oxygens (including phenoxy) is 1. The largest absolute Gasteiger partial charge is 0.508 e. The normalized spacial score (nSPS) is 14.0. The van der Waals surface area contributed by atoms with Crippen LogP contribution in [0.4, 0.5) is 0 Å². The maximum atomic E-state index is 13.8. The lowest BCUT2D eigenvalue weighted by Crippen LogP contribution is -2.53. The minimum absolute atomic E-state index is 0.0617. The fourth-order valence-electron chi connectivity index (χ4n) is 4.30. The van der Waals surface area contributed by atoms with Gasteiger partial charge >= 0.3 is 0 Å². The van der Waals surface area contributed by atoms with E-state index < -0.39 is 0 Å². The highest BCUT2D eigenvalue weighted by atomic mass is 35.5. The molecule has 1 fully saturated rings. The van der Waals surface area contributed by atoms with Crippen LogP contribution in [0.5, 0.6) is 11.5 Å². The number of phenols is 1. The molecule has 0 unspecified atom stereocenters. The summed E-state index contributed by atoms with van der Waals surface area (Å²) in [4.78, 5) is 16.1. The molecule has 0 spiro atoms. The van der Waals surface area contributed by atoms with E-state index in [0.717, 1.165) is 31.8 Å². The van der Waals surface area contributed by atoms with Gasteiger partial charge in [-0.3, -0.25) is 9.69 Å². The number of halogens is 1. The number of phenolic OH excluding ortho intramolecular Hbond substituents is 1. The van der Waals surface area contributed by atoms with Gasteiger partial charge in [-0.25, -0.2) is 0 Å². The molecule has 1 aliphatic rings. The summed E-state index contributed by atoms with van der Waals surface area (Å²) in [5.74, 6) is 0.801. The zero-order chi connectivity index (χ0) is 24.4. The number of hydrogen-bond donors (Lipinski definition) is 1. The highest BCUT2D eigenvalue weighted by molar-refractivity contribution is 6.33. The second-order valence-corrected chi connectivity index (χ2v) is 9.03. The van der Waals surface area contributed by atoms with Gasteiger partial charge in [-0.15, -0.1) is 0 Å². The number of carbonyl (C=O) groups is 1. The van der Waals surface area contributed by atoms with E-state index >= 15 is 0 Å². The van der Waals surface area contributed by atoms with Gasteiger partial charge in [0.05, 0.1) is 10.6 Å². The summed E-state index contributed by atoms with van der Waals surface area (Å²) in [5.41, 5.74) is 2.24. The van der Waals surface area contributed by atoms with Crippen LogP contribution in [-0.4, -0.2) is 46.7 Å². The highest BCUT2D eigenvalue weighted by Gasteiger charge is 2.29. The predicted octanol–water partition coefficient (Wildman–Crippen LogP) is 6.07. The first-order chi connectivity index (χ1) is 17.0. The van der Waals surface area contributed by atoms with Gasteiger partial charge in [0, 0.05) is 29.8 Å². The predicted molar refractivity (Wildman–Crippen MR) is 135 cm³/mol. The topological polar surface area (TPSA) is 75.8 Å². The van der Waals surface area contributed by atoms with Crippen molar-refractivity contribution in [3.05, 3.63) is 88.9 Å². The van der Waals surface area contributed by atoms with Crippen LogP contribution in [-0.2, 0) is 0 Å². The Morgan fingerprint density at radius 1 is 1.11 bits per heavy atom. The zero-order valence-electron chi connectivity index (χ0n) is 19.3. The van der Waals surface area contributed by atoms with E-state index in [4.69, 9.17) is 20.9 Å². The maximum Gasteiger partial charge on any atom is 0.199 e. The molecule has 0 saturated carbocycles. The Bertz CT molecular complexity index is 1340. The van der Waals surface area contributed by atoms with E-state index in [-0.39, 0.29) is 29.0 Å². The van der Waals surface area contributed by atoms with Crippen molar-refractivity contribution in [3.63, 3.8) is 0 Å². The van der Waals surface area contributed by atoms with Crippen LogP contribution in [0, 0.1) is 0 Å². The van der Waals surface area contributed by atoms with Crippen molar-refractivity contribution in [2.45, 2.75) is 19.4 Å². The fourth-order valence-corrected chi connectivity index (χ4v) is 4.52. The third-order valence-electron chi connectivity index (χ3n) is 6.04. The minimum atomic E-state index is -0.260. The van der Waals surface area contributed by atoms with Crippen molar-refractivity contribution in [1.29, 1.82) is 0 Å². The molecule has 1 saturated heterocycles. The number of nitrogens with zero attached hydrogens (tertiary/aromatic N) is 2. The van der Waals surface area contributed by atoms with Crippen LogP contribution < -0.4 is 4.74 Å². The second kappa shape index (κ2) is 9.94. The molecule has 5 rings (SSSR count). The third-order valence-corrected chi connectivity index (χ3v) is 6.37. The minimum Gasteiger partial charge on any atom is -0.508 e. The highest BCUT2D eigenvalue weighted by Crippen LogP contribution is 2.37. The van der Waals surface area contributed by atoms with Gasteiger partial charge in [-0.1, -0.05) is 54.0 Å². The van der Waals surface area contributed by atoms with Crippen LogP contribution in [0.1, 0.15) is 29.3 Å². The van der Waals surface area contributed by atoms with Crippen molar-refractivity contribution in [2.24, 2.45) is 0 Å². The lowest BCUT2D eigenvalue weighted by molar-refractivity contribution is 0.0202. The van der Waals surface area contributed by atoms with E-state index in [2.05, 4.69) is 17.0 Å². The van der Waals surface area contributed by atoms with Crippen molar-refractivity contribution >= 4 is 17.4 Å². The Labute approximate surface area is 208 Å². The fraction of sp³-hybridized carbons (Fsp3) is 0.214. The summed E-state index contributed by atoms with van der Waals surface area (Å²) < 4.78 is 11.7. The molecule has 1 aliphatic heterocycles. The quantitative estimate of drug-likeness (QED) is 0.303. The molecule has 2 heterocycles. The third kappa shape index (κ3) is 4.81. The molecule has 0 atom stereocenters. The average Bonchev–Trinajstić information content (AvgIpc) is 3.28. The number of carbonyl (C=O) groups excluding carboxylic acids is 1. The van der Waals surface area contributed by atoms with Crippen molar-refractivity contribution < 1.29 is 19.2 Å². The Morgan fingerprint density at radius 2 is 1.89 bits per heavy atom. The molecule has 0 aliphatic carbocycles. The second-order valence-electron chi connectivity index (χ2n) is 8.62. The molecular formula is C28H25ClN2O4. The molecule has 1 aromatic heterocycles. The van der Waals surface area contributed by atoms with E-state index in [1.807, 2.05) is 24.3 Å². The van der Waals surface area contributed by atoms with E-state index in [0.29, 0.717) is 27.4 Å². The van der Waals surface area contributed by atoms with Gasteiger partial charge in [0.2, 0.25) is 0 Å². The SMILES string of the molecule is CCCN1CC(Oc2ccc(C(=O)c3c(-c4ccccc4Cl)noc3-c3cccc(O)c3)cc2)C1. The molecule has 0 amide bonds. The van der Waals surface area contributed by atoms with Crippen molar-refractivity contribution in [2.75, 3.05) is 19.6 Å². The molecule has 35 heavy (non-hydrogen) atoms. The first-order valence-corrected chi connectivity index (χ1v) is 12.0. The number of aromatic hydroxyl groups is 1. The Morgan fingerprint density at radius 3 is 2.60 bits per heavy atom. The zero-order valence-corrected chi connectivity index (χ0v) is 20.0. The molecule has 0 radical (unpaired) electrons. The van der Waals surface area contributed by atoms with Gasteiger partial charge in [0.15, 0.2) is 11.5 Å². The summed E-state index contributed by atoms with van der Waals surface area (Å²) in [6, 6.07) is 20.8. The number of likely N-dealkylation sites (tertiary alicyclic amines) is 1. The number of aromatic nitrogens is 1. The average molecular weight is 489 g/mol. The molecule has 3 aromatic carbocycles. The van der Waals surface area contributed by atoms with Gasteiger partial charge in [0.25, 0.3) is 0 Å². The maximum absolute atomic E-state index is 13.8. The lowest BCUT2D eigenvalue weighted by atomic mass is 9.95. The number of benzene rings is 3. The van der Waals surface area contributed by atoms with Crippen molar-refractivity contribution in [3.8, 4) is 34.1 Å². The van der Waals surface area contributed by atoms with E-state index in [1.165, 1.54) is 6.07 Å². The Hall–Kier alpha value is -3.61. The van der Waals surface area contributed by atoms with Crippen molar-refractivity contribution in [1.82, 2.24) is 10.1 Å². The molecule has 7 heteroatoms. The summed E-state index contributed by atoms with van der Waals surface area (Å²) in [5, 5.41) is 14.6. The molecular weight excluding hydrogens is 464 g/mol. The van der Waals surface area contributed by atoms with Crippen LogP contribution in [0.25, 0.3) is 22.6 Å². The van der Waals surface area contributed by atoms with Gasteiger partial charge < -0.3 is 14.4 Å². The number of hydrogen-bond acceptors (Lipinski definition) is 6. The first-order valence-electron chi connectivity index (χ1n) is 11.6.